The number of hydrogen-bond acceptors (Lipinski definition) is 1. The summed E-state index contributed by atoms with van der Waals surface area (Å²) < 4.78 is 0. The molecule has 0 heterocycles. The Morgan fingerprint density at radius 3 is 1.64 bits per heavy atom. The Morgan fingerprint density at radius 2 is 1.45 bits per heavy atom. The van der Waals surface area contributed by atoms with Crippen molar-refractivity contribution in [2.24, 2.45) is 0 Å². The zero-order valence-corrected chi connectivity index (χ0v) is 8.76. The average molecular weight is 182 g/mol. The second kappa shape index (κ2) is 12.8. The fraction of sp³-hybridized carbons (Fsp3) is 0.125. The van der Waals surface area contributed by atoms with E-state index in [9.17, 15) is 0 Å². The van der Waals surface area contributed by atoms with Gasteiger partial charge < -0.3 is 17.5 Å². The van der Waals surface area contributed by atoms with Gasteiger partial charge in [0.2, 0.25) is 0 Å². The van der Waals surface area contributed by atoms with Crippen LogP contribution in [-0.2, 0) is 0 Å². The van der Waals surface area contributed by atoms with Crippen LogP contribution in [0.15, 0.2) is 30.3 Å². The van der Waals surface area contributed by atoms with Crippen molar-refractivity contribution in [3.63, 3.8) is 0 Å². The molecule has 0 aliphatic rings. The summed E-state index contributed by atoms with van der Waals surface area (Å²) in [5.74, 6) is 0. The Labute approximate surface area is 90.4 Å². The van der Waals surface area contributed by atoms with Crippen LogP contribution in [0.5, 0.6) is 0 Å². The molecule has 0 saturated carbocycles. The van der Waals surface area contributed by atoms with E-state index in [-0.39, 0.29) is 35.5 Å². The van der Waals surface area contributed by atoms with Gasteiger partial charge in [-0.2, -0.15) is 31.7 Å². The quantitative estimate of drug-likeness (QED) is 0.320. The predicted octanol–water partition coefficient (Wildman–Crippen LogP) is -2.53. The summed E-state index contributed by atoms with van der Waals surface area (Å²) in [5, 5.41) is 8.25. The van der Waals surface area contributed by atoms with Gasteiger partial charge >= 0.3 is 23.1 Å². The number of benzene rings is 1. The third-order valence-electron chi connectivity index (χ3n) is 0.843. The van der Waals surface area contributed by atoms with Crippen LogP contribution in [0.4, 0.5) is 0 Å². The first-order valence-electron chi connectivity index (χ1n) is 2.67. The van der Waals surface area contributed by atoms with Gasteiger partial charge in [0.15, 0.2) is 0 Å². The maximum Gasteiger partial charge on any atom is 2.00 e. The molecular weight excluding hydrogens is 172 g/mol. The molecular formula is C8H10ClMgO-. The van der Waals surface area contributed by atoms with Crippen LogP contribution in [0.3, 0.4) is 0 Å². The Bertz CT molecular complexity index is 144. The monoisotopic (exact) mass is 181 g/mol. The van der Waals surface area contributed by atoms with Gasteiger partial charge in [-0.15, -0.1) is 12.1 Å². The van der Waals surface area contributed by atoms with E-state index >= 15 is 0 Å². The molecule has 1 aromatic rings. The molecule has 0 unspecified atom stereocenters. The molecule has 0 bridgehead atoms. The average Bonchev–Trinajstić information content (AvgIpc) is 1.94. The maximum absolute atomic E-state index is 8.25. The molecule has 0 spiro atoms. The van der Waals surface area contributed by atoms with E-state index in [1.165, 1.54) is 0 Å². The zero-order valence-electron chi connectivity index (χ0n) is 6.59. The van der Waals surface area contributed by atoms with E-state index in [0.717, 1.165) is 12.7 Å². The van der Waals surface area contributed by atoms with Crippen molar-refractivity contribution in [3.05, 3.63) is 42.8 Å². The summed E-state index contributed by atoms with van der Waals surface area (Å²) in [6.45, 7) is 3.72. The van der Waals surface area contributed by atoms with Crippen LogP contribution < -0.4 is 17.5 Å². The van der Waals surface area contributed by atoms with Gasteiger partial charge in [0.05, 0.1) is 0 Å². The van der Waals surface area contributed by atoms with Crippen LogP contribution in [0.1, 0.15) is 5.56 Å². The Kier molecular flexibility index (Phi) is 20.0. The SMILES string of the molecule is C[O-].[CH2-]c1ccccc1.[Cl-].[Mg+2]. The molecule has 0 atom stereocenters. The topological polar surface area (TPSA) is 23.1 Å². The zero-order chi connectivity index (χ0) is 7.11. The summed E-state index contributed by atoms with van der Waals surface area (Å²) in [6.07, 6.45) is 0. The molecule has 0 amide bonds. The fourth-order valence-electron chi connectivity index (χ4n) is 0.478. The summed E-state index contributed by atoms with van der Waals surface area (Å²) in [6, 6.07) is 9.87. The number of halogens is 1. The normalized spacial score (nSPS) is 6.00. The standard InChI is InChI=1S/C7H7.CH3O.ClH.Mg/c1-7-5-3-2-4-6-7;1-2;;/h2-6H,1H2;1H3;1H;/q2*-1;;+2/p-1. The van der Waals surface area contributed by atoms with E-state index in [1.807, 2.05) is 30.3 Å². The second-order valence-electron chi connectivity index (χ2n) is 1.49. The van der Waals surface area contributed by atoms with Gasteiger partial charge in [-0.05, 0) is 0 Å². The van der Waals surface area contributed by atoms with Crippen molar-refractivity contribution in [2.45, 2.75) is 0 Å². The molecule has 1 rings (SSSR count). The summed E-state index contributed by atoms with van der Waals surface area (Å²) in [7, 11) is 0.750. The van der Waals surface area contributed by atoms with Crippen LogP contribution in [-0.4, -0.2) is 30.2 Å². The van der Waals surface area contributed by atoms with Gasteiger partial charge in [-0.25, -0.2) is 0 Å². The fourth-order valence-corrected chi connectivity index (χ4v) is 0.478. The van der Waals surface area contributed by atoms with Crippen molar-refractivity contribution in [3.8, 4) is 0 Å². The van der Waals surface area contributed by atoms with Crippen molar-refractivity contribution in [1.29, 1.82) is 0 Å². The second-order valence-corrected chi connectivity index (χ2v) is 1.49. The largest absolute Gasteiger partial charge is 2.00 e. The van der Waals surface area contributed by atoms with Gasteiger partial charge in [-0.3, -0.25) is 0 Å². The number of rotatable bonds is 0. The molecule has 1 aromatic carbocycles. The van der Waals surface area contributed by atoms with E-state index < -0.39 is 0 Å². The minimum absolute atomic E-state index is 0. The number of hydrogen-bond donors (Lipinski definition) is 0. The van der Waals surface area contributed by atoms with Crippen LogP contribution in [0, 0.1) is 6.92 Å². The molecule has 3 heteroatoms. The van der Waals surface area contributed by atoms with E-state index in [4.69, 9.17) is 5.11 Å². The van der Waals surface area contributed by atoms with Crippen molar-refractivity contribution in [1.82, 2.24) is 0 Å². The molecule has 58 valence electrons. The van der Waals surface area contributed by atoms with Crippen molar-refractivity contribution in [2.75, 3.05) is 7.11 Å². The van der Waals surface area contributed by atoms with Gasteiger partial charge in [-0.1, -0.05) is 6.07 Å². The molecule has 11 heavy (non-hydrogen) atoms. The third kappa shape index (κ3) is 10.1. The Balaban J connectivity index is -0.000000149. The molecule has 0 radical (unpaired) electrons. The summed E-state index contributed by atoms with van der Waals surface area (Å²) >= 11 is 0. The third-order valence-corrected chi connectivity index (χ3v) is 0.843. The summed E-state index contributed by atoms with van der Waals surface area (Å²) in [5.41, 5.74) is 1.07. The Hall–Kier alpha value is 0.106. The predicted molar refractivity (Wildman–Crippen MR) is 42.6 cm³/mol. The summed E-state index contributed by atoms with van der Waals surface area (Å²) in [4.78, 5) is 0. The van der Waals surface area contributed by atoms with E-state index in [1.54, 1.807) is 0 Å². The minimum atomic E-state index is 0. The Morgan fingerprint density at radius 1 is 1.09 bits per heavy atom. The van der Waals surface area contributed by atoms with Gasteiger partial charge in [0, 0.05) is 0 Å². The van der Waals surface area contributed by atoms with E-state index in [2.05, 4.69) is 6.92 Å². The van der Waals surface area contributed by atoms with Gasteiger partial charge in [0.25, 0.3) is 0 Å². The first-order chi connectivity index (χ1) is 4.39. The van der Waals surface area contributed by atoms with Crippen LogP contribution in [0.2, 0.25) is 0 Å². The molecule has 0 fully saturated rings. The van der Waals surface area contributed by atoms with Crippen molar-refractivity contribution >= 4 is 23.1 Å². The molecule has 1 nitrogen and oxygen atoms in total. The molecule has 0 N–H and O–H groups in total. The molecule has 0 aliphatic heterocycles. The minimum Gasteiger partial charge on any atom is -1.00 e. The van der Waals surface area contributed by atoms with Crippen LogP contribution >= 0.6 is 0 Å². The first-order valence-corrected chi connectivity index (χ1v) is 2.67. The molecule has 0 aliphatic carbocycles. The van der Waals surface area contributed by atoms with Crippen molar-refractivity contribution < 1.29 is 17.5 Å². The maximum atomic E-state index is 8.25. The molecule has 0 saturated heterocycles. The van der Waals surface area contributed by atoms with Gasteiger partial charge in [0.1, 0.15) is 0 Å². The first kappa shape index (κ1) is 17.3. The van der Waals surface area contributed by atoms with Crippen LogP contribution in [0.25, 0.3) is 0 Å². The molecule has 0 aromatic heterocycles. The van der Waals surface area contributed by atoms with E-state index in [0.29, 0.717) is 0 Å². The smallest absolute Gasteiger partial charge is 1.00 e.